The second-order valence-corrected chi connectivity index (χ2v) is 6.12. The first-order chi connectivity index (χ1) is 8.44. The highest BCUT2D eigenvalue weighted by atomic mass is 16.2. The van der Waals surface area contributed by atoms with Gasteiger partial charge in [-0.05, 0) is 52.2 Å². The molecule has 1 saturated carbocycles. The minimum absolute atomic E-state index is 0.0545. The average molecular weight is 255 g/mol. The second kappa shape index (κ2) is 7.10. The number of amides is 1. The third kappa shape index (κ3) is 4.94. The van der Waals surface area contributed by atoms with E-state index in [1.54, 1.807) is 0 Å². The molecule has 106 valence electrons. The average Bonchev–Trinajstić information content (AvgIpc) is 2.27. The van der Waals surface area contributed by atoms with Gasteiger partial charge < -0.3 is 16.0 Å². The fourth-order valence-electron chi connectivity index (χ4n) is 2.73. The number of carbonyl (C=O) groups is 1. The Morgan fingerprint density at radius 3 is 2.78 bits per heavy atom. The van der Waals surface area contributed by atoms with Crippen LogP contribution in [0.3, 0.4) is 0 Å². The molecule has 0 heterocycles. The molecular formula is C14H29N3O. The highest BCUT2D eigenvalue weighted by Gasteiger charge is 2.37. The lowest BCUT2D eigenvalue weighted by molar-refractivity contribution is -0.128. The Balaban J connectivity index is 2.23. The Bertz CT molecular complexity index is 268. The molecule has 1 fully saturated rings. The van der Waals surface area contributed by atoms with E-state index in [1.165, 1.54) is 6.42 Å². The molecule has 0 aliphatic heterocycles. The summed E-state index contributed by atoms with van der Waals surface area (Å²) in [5.74, 6) is 0.627. The van der Waals surface area contributed by atoms with E-state index in [9.17, 15) is 4.79 Å². The molecule has 0 bridgehead atoms. The number of nitrogens with one attached hydrogen (secondary N) is 1. The van der Waals surface area contributed by atoms with E-state index in [-0.39, 0.29) is 5.91 Å². The van der Waals surface area contributed by atoms with E-state index in [0.29, 0.717) is 5.92 Å². The van der Waals surface area contributed by atoms with Gasteiger partial charge in [-0.15, -0.1) is 0 Å². The zero-order chi connectivity index (χ0) is 13.6. The summed E-state index contributed by atoms with van der Waals surface area (Å²) >= 11 is 0. The minimum atomic E-state index is -0.612. The maximum atomic E-state index is 12.1. The van der Waals surface area contributed by atoms with Gasteiger partial charge in [-0.1, -0.05) is 19.8 Å². The minimum Gasteiger partial charge on any atom is -0.355 e. The molecule has 0 aromatic carbocycles. The van der Waals surface area contributed by atoms with Crippen LogP contribution in [0.25, 0.3) is 0 Å². The first kappa shape index (κ1) is 15.4. The molecule has 1 amide bonds. The molecule has 0 radical (unpaired) electrons. The third-order valence-corrected chi connectivity index (χ3v) is 3.80. The molecule has 0 aromatic heterocycles. The predicted octanol–water partition coefficient (Wildman–Crippen LogP) is 1.35. The van der Waals surface area contributed by atoms with Gasteiger partial charge in [0.25, 0.3) is 0 Å². The van der Waals surface area contributed by atoms with Crippen molar-refractivity contribution in [1.82, 2.24) is 10.2 Å². The van der Waals surface area contributed by atoms with Crippen molar-refractivity contribution in [2.75, 3.05) is 27.2 Å². The Morgan fingerprint density at radius 2 is 2.17 bits per heavy atom. The summed E-state index contributed by atoms with van der Waals surface area (Å²) in [6.45, 7) is 4.01. The first-order valence-electron chi connectivity index (χ1n) is 7.16. The zero-order valence-electron chi connectivity index (χ0n) is 12.2. The predicted molar refractivity (Wildman–Crippen MR) is 75.3 cm³/mol. The quantitative estimate of drug-likeness (QED) is 0.704. The summed E-state index contributed by atoms with van der Waals surface area (Å²) < 4.78 is 0. The number of hydrogen-bond acceptors (Lipinski definition) is 3. The van der Waals surface area contributed by atoms with Gasteiger partial charge in [-0.3, -0.25) is 4.79 Å². The fourth-order valence-corrected chi connectivity index (χ4v) is 2.73. The summed E-state index contributed by atoms with van der Waals surface area (Å²) in [6, 6.07) is 0. The lowest BCUT2D eigenvalue weighted by Crippen LogP contribution is -2.56. The van der Waals surface area contributed by atoms with Gasteiger partial charge in [0.15, 0.2) is 0 Å². The number of rotatable bonds is 6. The first-order valence-corrected chi connectivity index (χ1v) is 7.16. The van der Waals surface area contributed by atoms with Crippen molar-refractivity contribution < 1.29 is 4.79 Å². The van der Waals surface area contributed by atoms with Gasteiger partial charge in [0.2, 0.25) is 5.91 Å². The molecular weight excluding hydrogens is 226 g/mol. The summed E-state index contributed by atoms with van der Waals surface area (Å²) in [4.78, 5) is 14.3. The highest BCUT2D eigenvalue weighted by molar-refractivity contribution is 5.86. The largest absolute Gasteiger partial charge is 0.355 e. The topological polar surface area (TPSA) is 58.4 Å². The SMILES string of the molecule is CC1CCCC(N)(C(=O)NCCCCN(C)C)C1. The molecule has 2 unspecified atom stereocenters. The number of nitrogens with two attached hydrogens (primary N) is 1. The van der Waals surface area contributed by atoms with Crippen LogP contribution in [-0.4, -0.2) is 43.5 Å². The van der Waals surface area contributed by atoms with Crippen LogP contribution < -0.4 is 11.1 Å². The number of nitrogens with zero attached hydrogens (tertiary/aromatic N) is 1. The summed E-state index contributed by atoms with van der Waals surface area (Å²) in [5, 5.41) is 3.00. The van der Waals surface area contributed by atoms with Crippen LogP contribution in [0.2, 0.25) is 0 Å². The fraction of sp³-hybridized carbons (Fsp3) is 0.929. The van der Waals surface area contributed by atoms with Crippen molar-refractivity contribution in [3.63, 3.8) is 0 Å². The van der Waals surface area contributed by atoms with E-state index in [2.05, 4.69) is 31.2 Å². The van der Waals surface area contributed by atoms with Crippen LogP contribution in [0.4, 0.5) is 0 Å². The molecule has 4 heteroatoms. The van der Waals surface area contributed by atoms with E-state index in [4.69, 9.17) is 5.73 Å². The third-order valence-electron chi connectivity index (χ3n) is 3.80. The Kier molecular flexibility index (Phi) is 6.09. The molecule has 2 atom stereocenters. The van der Waals surface area contributed by atoms with E-state index in [1.807, 2.05) is 0 Å². The van der Waals surface area contributed by atoms with E-state index >= 15 is 0 Å². The monoisotopic (exact) mass is 255 g/mol. The maximum Gasteiger partial charge on any atom is 0.240 e. The van der Waals surface area contributed by atoms with E-state index in [0.717, 1.165) is 45.2 Å². The van der Waals surface area contributed by atoms with Gasteiger partial charge in [-0.25, -0.2) is 0 Å². The lowest BCUT2D eigenvalue weighted by Gasteiger charge is -2.35. The van der Waals surface area contributed by atoms with Crippen LogP contribution in [0, 0.1) is 5.92 Å². The molecule has 0 spiro atoms. The van der Waals surface area contributed by atoms with E-state index < -0.39 is 5.54 Å². The van der Waals surface area contributed by atoms with Crippen LogP contribution in [0.15, 0.2) is 0 Å². The van der Waals surface area contributed by atoms with Crippen molar-refractivity contribution >= 4 is 5.91 Å². The summed E-state index contributed by atoms with van der Waals surface area (Å²) in [6.07, 6.45) is 6.08. The molecule has 3 N–H and O–H groups in total. The Morgan fingerprint density at radius 1 is 1.44 bits per heavy atom. The summed E-state index contributed by atoms with van der Waals surface area (Å²) in [7, 11) is 4.13. The Labute approximate surface area is 111 Å². The van der Waals surface area contributed by atoms with Crippen LogP contribution in [0.5, 0.6) is 0 Å². The smallest absolute Gasteiger partial charge is 0.240 e. The van der Waals surface area contributed by atoms with Crippen LogP contribution in [0.1, 0.15) is 45.4 Å². The van der Waals surface area contributed by atoms with Gasteiger partial charge in [0.05, 0.1) is 5.54 Å². The van der Waals surface area contributed by atoms with Crippen molar-refractivity contribution in [3.8, 4) is 0 Å². The van der Waals surface area contributed by atoms with Crippen LogP contribution >= 0.6 is 0 Å². The number of hydrogen-bond donors (Lipinski definition) is 2. The lowest BCUT2D eigenvalue weighted by atomic mass is 9.76. The molecule has 18 heavy (non-hydrogen) atoms. The van der Waals surface area contributed by atoms with Crippen molar-refractivity contribution in [1.29, 1.82) is 0 Å². The molecule has 1 aliphatic rings. The molecule has 0 saturated heterocycles. The van der Waals surface area contributed by atoms with Crippen molar-refractivity contribution in [3.05, 3.63) is 0 Å². The maximum absolute atomic E-state index is 12.1. The van der Waals surface area contributed by atoms with Gasteiger partial charge in [-0.2, -0.15) is 0 Å². The number of carbonyl (C=O) groups excluding carboxylic acids is 1. The van der Waals surface area contributed by atoms with Crippen LogP contribution in [-0.2, 0) is 4.79 Å². The van der Waals surface area contributed by atoms with Gasteiger partial charge in [0, 0.05) is 6.54 Å². The zero-order valence-corrected chi connectivity index (χ0v) is 12.2. The highest BCUT2D eigenvalue weighted by Crippen LogP contribution is 2.30. The molecule has 4 nitrogen and oxygen atoms in total. The van der Waals surface area contributed by atoms with Gasteiger partial charge in [0.1, 0.15) is 0 Å². The molecule has 1 aliphatic carbocycles. The van der Waals surface area contributed by atoms with Crippen molar-refractivity contribution in [2.45, 2.75) is 51.0 Å². The standard InChI is InChI=1S/C14H29N3O/c1-12-7-6-8-14(15,11-12)13(18)16-9-4-5-10-17(2)3/h12H,4-11,15H2,1-3H3,(H,16,18). The normalized spacial score (nSPS) is 28.4. The second-order valence-electron chi connectivity index (χ2n) is 6.12. The van der Waals surface area contributed by atoms with Crippen molar-refractivity contribution in [2.24, 2.45) is 11.7 Å². The van der Waals surface area contributed by atoms with Gasteiger partial charge >= 0.3 is 0 Å². The molecule has 1 rings (SSSR count). The molecule has 0 aromatic rings. The number of unbranched alkanes of at least 4 members (excludes halogenated alkanes) is 1. The Hall–Kier alpha value is -0.610. The summed E-state index contributed by atoms with van der Waals surface area (Å²) in [5.41, 5.74) is 5.62.